The summed E-state index contributed by atoms with van der Waals surface area (Å²) in [6, 6.07) is 9.47. The van der Waals surface area contributed by atoms with Crippen molar-refractivity contribution in [2.45, 2.75) is 18.4 Å². The molecule has 0 bridgehead atoms. The van der Waals surface area contributed by atoms with Crippen LogP contribution in [0, 0.1) is 26.1 Å². The molecule has 1 heterocycles. The van der Waals surface area contributed by atoms with E-state index in [-0.39, 0.29) is 34.3 Å². The van der Waals surface area contributed by atoms with E-state index in [0.29, 0.717) is 0 Å². The van der Waals surface area contributed by atoms with Crippen LogP contribution < -0.4 is 5.32 Å². The van der Waals surface area contributed by atoms with Gasteiger partial charge in [0.1, 0.15) is 5.02 Å². The Balaban J connectivity index is 1.78. The molecule has 0 radical (unpaired) electrons. The summed E-state index contributed by atoms with van der Waals surface area (Å²) < 4.78 is 0. The van der Waals surface area contributed by atoms with Gasteiger partial charge in [-0.25, -0.2) is 0 Å². The van der Waals surface area contributed by atoms with Crippen molar-refractivity contribution in [3.05, 3.63) is 84.9 Å². The first kappa shape index (κ1) is 16.5. The summed E-state index contributed by atoms with van der Waals surface area (Å²) in [6.07, 6.45) is 4.91. The first-order valence-electron chi connectivity index (χ1n) is 8.11. The summed E-state index contributed by atoms with van der Waals surface area (Å²) in [5.41, 5.74) is 2.42. The highest BCUT2D eigenvalue weighted by Gasteiger charge is 2.39. The molecule has 0 saturated heterocycles. The SMILES string of the molecule is O=[N+]([O-])c1ccc2c(c1)[C@@H]1C=CC[C@H]1[C@H](c1ccc(Cl)c([N+](=O)[O-])c1)N2. The summed E-state index contributed by atoms with van der Waals surface area (Å²) in [5.74, 6) is 0.163. The summed E-state index contributed by atoms with van der Waals surface area (Å²) in [5, 5.41) is 25.8. The van der Waals surface area contributed by atoms with Crippen LogP contribution in [-0.4, -0.2) is 9.85 Å². The Hall–Kier alpha value is -2.93. The number of anilines is 1. The van der Waals surface area contributed by atoms with Crippen molar-refractivity contribution in [2.75, 3.05) is 5.32 Å². The number of rotatable bonds is 3. The van der Waals surface area contributed by atoms with E-state index in [4.69, 9.17) is 11.6 Å². The molecular formula is C18H14ClN3O4. The molecule has 1 aliphatic carbocycles. The van der Waals surface area contributed by atoms with Crippen LogP contribution >= 0.6 is 11.6 Å². The Labute approximate surface area is 153 Å². The summed E-state index contributed by atoms with van der Waals surface area (Å²) in [6.45, 7) is 0. The molecule has 0 fully saturated rings. The summed E-state index contributed by atoms with van der Waals surface area (Å²) >= 11 is 5.93. The lowest BCUT2D eigenvalue weighted by molar-refractivity contribution is -0.385. The molecule has 8 heteroatoms. The zero-order valence-corrected chi connectivity index (χ0v) is 14.2. The van der Waals surface area contributed by atoms with Crippen molar-refractivity contribution in [1.82, 2.24) is 0 Å². The molecule has 26 heavy (non-hydrogen) atoms. The molecule has 2 aromatic carbocycles. The van der Waals surface area contributed by atoms with E-state index in [1.807, 2.05) is 0 Å². The molecule has 4 rings (SSSR count). The number of nitro benzene ring substituents is 2. The van der Waals surface area contributed by atoms with Gasteiger partial charge < -0.3 is 5.32 Å². The molecule has 0 saturated carbocycles. The number of halogens is 1. The van der Waals surface area contributed by atoms with Crippen molar-refractivity contribution in [3.8, 4) is 0 Å². The summed E-state index contributed by atoms with van der Waals surface area (Å²) in [7, 11) is 0. The van der Waals surface area contributed by atoms with Gasteiger partial charge in [0.25, 0.3) is 11.4 Å². The smallest absolute Gasteiger partial charge is 0.288 e. The third-order valence-electron chi connectivity index (χ3n) is 5.08. The lowest BCUT2D eigenvalue weighted by Gasteiger charge is -2.37. The van der Waals surface area contributed by atoms with Crippen LogP contribution in [0.25, 0.3) is 0 Å². The second kappa shape index (κ2) is 6.10. The normalized spacial score (nSPS) is 23.0. The number of nitro groups is 2. The van der Waals surface area contributed by atoms with Gasteiger partial charge in [0, 0.05) is 29.8 Å². The Morgan fingerprint density at radius 1 is 1.08 bits per heavy atom. The number of benzene rings is 2. The number of non-ortho nitro benzene ring substituents is 1. The molecular weight excluding hydrogens is 358 g/mol. The van der Waals surface area contributed by atoms with Gasteiger partial charge in [-0.2, -0.15) is 0 Å². The second-order valence-corrected chi connectivity index (χ2v) is 6.88. The molecule has 0 spiro atoms. The number of allylic oxidation sites excluding steroid dienone is 2. The average Bonchev–Trinajstić information content (AvgIpc) is 3.11. The van der Waals surface area contributed by atoms with Gasteiger partial charge in [-0.3, -0.25) is 20.2 Å². The minimum Gasteiger partial charge on any atom is -0.378 e. The maximum absolute atomic E-state index is 11.2. The standard InChI is InChI=1S/C18H14ClN3O4/c19-15-6-4-10(8-17(15)22(25)26)18-13-3-1-2-12(13)14-9-11(21(23)24)5-7-16(14)20-18/h1-2,4-9,12-13,18,20H,3H2/t12-,13-,18+/m1/s1. The highest BCUT2D eigenvalue weighted by Crippen LogP contribution is 2.50. The van der Waals surface area contributed by atoms with Crippen molar-refractivity contribution >= 4 is 28.7 Å². The molecule has 0 aromatic heterocycles. The van der Waals surface area contributed by atoms with E-state index in [2.05, 4.69) is 17.5 Å². The molecule has 0 unspecified atom stereocenters. The fraction of sp³-hybridized carbons (Fsp3) is 0.222. The van der Waals surface area contributed by atoms with Crippen molar-refractivity contribution in [2.24, 2.45) is 5.92 Å². The van der Waals surface area contributed by atoms with Crippen LogP contribution in [0.4, 0.5) is 17.1 Å². The third kappa shape index (κ3) is 2.61. The Morgan fingerprint density at radius 3 is 2.62 bits per heavy atom. The number of hydrogen-bond acceptors (Lipinski definition) is 5. The molecule has 1 N–H and O–H groups in total. The van der Waals surface area contributed by atoms with Gasteiger partial charge >= 0.3 is 0 Å². The zero-order chi connectivity index (χ0) is 18.4. The number of hydrogen-bond donors (Lipinski definition) is 1. The maximum Gasteiger partial charge on any atom is 0.288 e. The maximum atomic E-state index is 11.2. The van der Waals surface area contributed by atoms with Crippen molar-refractivity contribution in [3.63, 3.8) is 0 Å². The lowest BCUT2D eigenvalue weighted by atomic mass is 9.77. The third-order valence-corrected chi connectivity index (χ3v) is 5.40. The topological polar surface area (TPSA) is 98.3 Å². The highest BCUT2D eigenvalue weighted by atomic mass is 35.5. The van der Waals surface area contributed by atoms with Crippen LogP contribution in [0.15, 0.2) is 48.6 Å². The Morgan fingerprint density at radius 2 is 1.88 bits per heavy atom. The minimum atomic E-state index is -0.490. The molecule has 7 nitrogen and oxygen atoms in total. The highest BCUT2D eigenvalue weighted by molar-refractivity contribution is 6.32. The van der Waals surface area contributed by atoms with E-state index in [1.165, 1.54) is 12.1 Å². The predicted octanol–water partition coefficient (Wildman–Crippen LogP) is 4.98. The Bertz CT molecular complexity index is 959. The van der Waals surface area contributed by atoms with Crippen molar-refractivity contribution < 1.29 is 9.85 Å². The van der Waals surface area contributed by atoms with Gasteiger partial charge in [-0.1, -0.05) is 29.8 Å². The zero-order valence-electron chi connectivity index (χ0n) is 13.5. The minimum absolute atomic E-state index is 0.0332. The number of nitrogens with zero attached hydrogens (tertiary/aromatic N) is 2. The van der Waals surface area contributed by atoms with Crippen LogP contribution in [-0.2, 0) is 0 Å². The Kier molecular flexibility index (Phi) is 3.88. The average molecular weight is 372 g/mol. The number of nitrogens with one attached hydrogen (secondary N) is 1. The second-order valence-electron chi connectivity index (χ2n) is 6.47. The van der Waals surface area contributed by atoms with Gasteiger partial charge in [0.05, 0.1) is 15.9 Å². The van der Waals surface area contributed by atoms with Crippen LogP contribution in [0.1, 0.15) is 29.5 Å². The lowest BCUT2D eigenvalue weighted by Crippen LogP contribution is -2.29. The summed E-state index contributed by atoms with van der Waals surface area (Å²) in [4.78, 5) is 21.4. The van der Waals surface area contributed by atoms with Crippen molar-refractivity contribution in [1.29, 1.82) is 0 Å². The van der Waals surface area contributed by atoms with E-state index in [1.54, 1.807) is 24.3 Å². The molecule has 132 valence electrons. The van der Waals surface area contributed by atoms with E-state index >= 15 is 0 Å². The largest absolute Gasteiger partial charge is 0.378 e. The molecule has 1 aliphatic heterocycles. The molecule has 0 amide bonds. The fourth-order valence-corrected chi connectivity index (χ4v) is 4.07. The van der Waals surface area contributed by atoms with Crippen LogP contribution in [0.5, 0.6) is 0 Å². The quantitative estimate of drug-likeness (QED) is 0.466. The van der Waals surface area contributed by atoms with Gasteiger partial charge in [-0.15, -0.1) is 0 Å². The first-order valence-corrected chi connectivity index (χ1v) is 8.49. The van der Waals surface area contributed by atoms with Crippen LogP contribution in [0.3, 0.4) is 0 Å². The van der Waals surface area contributed by atoms with Gasteiger partial charge in [0.15, 0.2) is 0 Å². The molecule has 3 atom stereocenters. The predicted molar refractivity (Wildman–Crippen MR) is 97.6 cm³/mol. The van der Waals surface area contributed by atoms with E-state index in [9.17, 15) is 20.2 Å². The van der Waals surface area contributed by atoms with E-state index in [0.717, 1.165) is 23.2 Å². The number of fused-ring (bicyclic) bond motifs is 3. The molecule has 2 aliphatic rings. The monoisotopic (exact) mass is 371 g/mol. The first-order chi connectivity index (χ1) is 12.5. The van der Waals surface area contributed by atoms with Gasteiger partial charge in [-0.05, 0) is 35.6 Å². The van der Waals surface area contributed by atoms with Gasteiger partial charge in [0.2, 0.25) is 0 Å². The molecule has 2 aromatic rings. The van der Waals surface area contributed by atoms with E-state index < -0.39 is 9.85 Å². The fourth-order valence-electron chi connectivity index (χ4n) is 3.89. The van der Waals surface area contributed by atoms with Crippen LogP contribution in [0.2, 0.25) is 5.02 Å².